The Hall–Kier alpha value is -1.70. The van der Waals surface area contributed by atoms with Crippen molar-refractivity contribution in [1.29, 1.82) is 0 Å². The van der Waals surface area contributed by atoms with Crippen molar-refractivity contribution in [2.45, 2.75) is 36.7 Å². The largest absolute Gasteiger partial charge is 0.417 e. The van der Waals surface area contributed by atoms with E-state index in [2.05, 4.69) is 10.2 Å². The van der Waals surface area contributed by atoms with Crippen LogP contribution in [0.25, 0.3) is 0 Å². The van der Waals surface area contributed by atoms with Crippen molar-refractivity contribution in [2.75, 3.05) is 5.73 Å². The lowest BCUT2D eigenvalue weighted by Gasteiger charge is -2.13. The highest BCUT2D eigenvalue weighted by Gasteiger charge is 2.33. The molecule has 21 heavy (non-hydrogen) atoms. The predicted molar refractivity (Wildman–Crippen MR) is 75.7 cm³/mol. The van der Waals surface area contributed by atoms with Gasteiger partial charge >= 0.3 is 6.18 Å². The minimum atomic E-state index is -4.42. The molecule has 1 aromatic heterocycles. The number of hydrogen-bond acceptors (Lipinski definition) is 4. The fourth-order valence-corrected chi connectivity index (χ4v) is 2.86. The van der Waals surface area contributed by atoms with Crippen LogP contribution in [0.3, 0.4) is 0 Å². The van der Waals surface area contributed by atoms with E-state index in [4.69, 9.17) is 5.73 Å². The van der Waals surface area contributed by atoms with E-state index in [0.29, 0.717) is 11.6 Å². The second kappa shape index (κ2) is 6.38. The van der Waals surface area contributed by atoms with Crippen molar-refractivity contribution < 1.29 is 13.2 Å². The summed E-state index contributed by atoms with van der Waals surface area (Å²) in [7, 11) is 0. The molecule has 0 aliphatic carbocycles. The van der Waals surface area contributed by atoms with Gasteiger partial charge in [-0.1, -0.05) is 6.92 Å². The van der Waals surface area contributed by atoms with Gasteiger partial charge in [0.2, 0.25) is 0 Å². The third-order valence-electron chi connectivity index (χ3n) is 2.83. The highest BCUT2D eigenvalue weighted by molar-refractivity contribution is 7.98. The summed E-state index contributed by atoms with van der Waals surface area (Å²) < 4.78 is 40.8. The Morgan fingerprint density at radius 2 is 2.10 bits per heavy atom. The summed E-state index contributed by atoms with van der Waals surface area (Å²) in [6.45, 7) is 2.76. The normalized spacial score (nSPS) is 11.8. The molecule has 0 atom stereocenters. The maximum absolute atomic E-state index is 13.0. The standard InChI is InChI=1S/C13H15F3N4S/c1-2-5-20-8-18-19-12(20)7-21-11-4-3-9(17)6-10(11)13(14,15)16/h3-4,6,8H,2,5,7,17H2,1H3. The number of rotatable bonds is 5. The fourth-order valence-electron chi connectivity index (χ4n) is 1.86. The molecular weight excluding hydrogens is 301 g/mol. The van der Waals surface area contributed by atoms with Crippen molar-refractivity contribution in [3.8, 4) is 0 Å². The number of hydrogen-bond donors (Lipinski definition) is 1. The average molecular weight is 316 g/mol. The van der Waals surface area contributed by atoms with Crippen molar-refractivity contribution in [3.63, 3.8) is 0 Å². The van der Waals surface area contributed by atoms with Crippen LogP contribution in [-0.4, -0.2) is 14.8 Å². The second-order valence-corrected chi connectivity index (χ2v) is 5.50. The number of alkyl halides is 3. The molecule has 0 bridgehead atoms. The topological polar surface area (TPSA) is 56.7 Å². The van der Waals surface area contributed by atoms with E-state index in [9.17, 15) is 13.2 Å². The van der Waals surface area contributed by atoms with E-state index in [-0.39, 0.29) is 10.6 Å². The Morgan fingerprint density at radius 1 is 1.33 bits per heavy atom. The van der Waals surface area contributed by atoms with Gasteiger partial charge < -0.3 is 10.3 Å². The van der Waals surface area contributed by atoms with Crippen LogP contribution in [0.4, 0.5) is 18.9 Å². The minimum absolute atomic E-state index is 0.0980. The first-order chi connectivity index (χ1) is 9.91. The van der Waals surface area contributed by atoms with Crippen LogP contribution in [0.1, 0.15) is 24.7 Å². The van der Waals surface area contributed by atoms with Crippen LogP contribution in [0, 0.1) is 0 Å². The highest BCUT2D eigenvalue weighted by atomic mass is 32.2. The van der Waals surface area contributed by atoms with Crippen LogP contribution in [0.5, 0.6) is 0 Å². The monoisotopic (exact) mass is 316 g/mol. The van der Waals surface area contributed by atoms with Gasteiger partial charge in [-0.25, -0.2) is 0 Å². The maximum Gasteiger partial charge on any atom is 0.417 e. The molecule has 0 unspecified atom stereocenters. The molecule has 0 aliphatic heterocycles. The molecule has 1 aromatic carbocycles. The summed E-state index contributed by atoms with van der Waals surface area (Å²) in [6, 6.07) is 3.82. The van der Waals surface area contributed by atoms with Crippen molar-refractivity contribution in [2.24, 2.45) is 0 Å². The van der Waals surface area contributed by atoms with Crippen molar-refractivity contribution in [3.05, 3.63) is 35.9 Å². The number of nitrogen functional groups attached to an aromatic ring is 1. The molecule has 4 nitrogen and oxygen atoms in total. The Balaban J connectivity index is 2.18. The van der Waals surface area contributed by atoms with Gasteiger partial charge in [0.15, 0.2) is 0 Å². The lowest BCUT2D eigenvalue weighted by atomic mass is 10.2. The zero-order chi connectivity index (χ0) is 15.5. The van der Waals surface area contributed by atoms with E-state index < -0.39 is 11.7 Å². The highest BCUT2D eigenvalue weighted by Crippen LogP contribution is 2.38. The zero-order valence-electron chi connectivity index (χ0n) is 11.4. The number of thioether (sulfide) groups is 1. The molecular formula is C13H15F3N4S. The lowest BCUT2D eigenvalue weighted by molar-refractivity contribution is -0.139. The van der Waals surface area contributed by atoms with Crippen LogP contribution in [-0.2, 0) is 18.5 Å². The van der Waals surface area contributed by atoms with Crippen molar-refractivity contribution in [1.82, 2.24) is 14.8 Å². The number of anilines is 1. The molecule has 2 N–H and O–H groups in total. The molecule has 2 rings (SSSR count). The van der Waals surface area contributed by atoms with E-state index in [0.717, 1.165) is 30.8 Å². The van der Waals surface area contributed by atoms with Gasteiger partial charge in [-0.05, 0) is 24.6 Å². The summed E-state index contributed by atoms with van der Waals surface area (Å²) in [5.41, 5.74) is 4.83. The van der Waals surface area contributed by atoms with E-state index in [1.165, 1.54) is 12.1 Å². The number of aromatic nitrogens is 3. The number of nitrogens with two attached hydrogens (primary N) is 1. The molecule has 2 aromatic rings. The molecule has 0 spiro atoms. The number of aryl methyl sites for hydroxylation is 1. The number of halogens is 3. The first-order valence-corrected chi connectivity index (χ1v) is 7.36. The zero-order valence-corrected chi connectivity index (χ0v) is 12.2. The Labute approximate surface area is 124 Å². The lowest BCUT2D eigenvalue weighted by Crippen LogP contribution is -2.08. The molecule has 114 valence electrons. The Morgan fingerprint density at radius 3 is 2.76 bits per heavy atom. The summed E-state index contributed by atoms with van der Waals surface area (Å²) in [6.07, 6.45) is -1.92. The van der Waals surface area contributed by atoms with Crippen LogP contribution in [0.15, 0.2) is 29.4 Å². The number of benzene rings is 1. The van der Waals surface area contributed by atoms with Gasteiger partial charge in [-0.15, -0.1) is 22.0 Å². The number of nitrogens with zero attached hydrogens (tertiary/aromatic N) is 3. The first-order valence-electron chi connectivity index (χ1n) is 6.38. The quantitative estimate of drug-likeness (QED) is 0.676. The summed E-state index contributed by atoms with van der Waals surface area (Å²) in [4.78, 5) is 0.141. The van der Waals surface area contributed by atoms with Gasteiger partial charge in [0.05, 0.1) is 11.3 Å². The maximum atomic E-state index is 13.0. The molecule has 0 fully saturated rings. The molecule has 0 amide bonds. The van der Waals surface area contributed by atoms with Crippen molar-refractivity contribution >= 4 is 17.4 Å². The summed E-state index contributed by atoms with van der Waals surface area (Å²) in [5.74, 6) is 0.985. The smallest absolute Gasteiger partial charge is 0.399 e. The Kier molecular flexibility index (Phi) is 4.76. The van der Waals surface area contributed by atoms with Gasteiger partial charge in [-0.3, -0.25) is 0 Å². The molecule has 0 saturated carbocycles. The molecule has 1 heterocycles. The van der Waals surface area contributed by atoms with E-state index in [1.54, 1.807) is 6.33 Å². The first kappa shape index (κ1) is 15.7. The third-order valence-corrected chi connectivity index (χ3v) is 3.90. The Bertz CT molecular complexity index is 610. The SMILES string of the molecule is CCCn1cnnc1CSc1ccc(N)cc1C(F)(F)F. The van der Waals surface area contributed by atoms with E-state index >= 15 is 0 Å². The fraction of sp³-hybridized carbons (Fsp3) is 0.385. The third kappa shape index (κ3) is 3.90. The average Bonchev–Trinajstić information content (AvgIpc) is 2.84. The molecule has 0 aliphatic rings. The van der Waals surface area contributed by atoms with Gasteiger partial charge in [0.1, 0.15) is 12.2 Å². The van der Waals surface area contributed by atoms with E-state index in [1.807, 2.05) is 11.5 Å². The van der Waals surface area contributed by atoms with Crippen LogP contribution >= 0.6 is 11.8 Å². The summed E-state index contributed by atoms with van der Waals surface area (Å²) in [5, 5.41) is 7.74. The van der Waals surface area contributed by atoms with Crippen LogP contribution in [0.2, 0.25) is 0 Å². The second-order valence-electron chi connectivity index (χ2n) is 4.48. The van der Waals surface area contributed by atoms with Crippen LogP contribution < -0.4 is 5.73 Å². The molecule has 8 heteroatoms. The minimum Gasteiger partial charge on any atom is -0.399 e. The van der Waals surface area contributed by atoms with Gasteiger partial charge in [-0.2, -0.15) is 13.2 Å². The molecule has 0 radical (unpaired) electrons. The predicted octanol–water partition coefficient (Wildman–Crippen LogP) is 3.58. The van der Waals surface area contributed by atoms with Gasteiger partial charge in [0.25, 0.3) is 0 Å². The summed E-state index contributed by atoms with van der Waals surface area (Å²) >= 11 is 1.08. The van der Waals surface area contributed by atoms with Gasteiger partial charge in [0, 0.05) is 17.1 Å². The molecule has 0 saturated heterocycles.